The Morgan fingerprint density at radius 2 is 1.58 bits per heavy atom. The molecule has 2 N–H and O–H groups in total. The highest BCUT2D eigenvalue weighted by Gasteiger charge is 2.46. The molecule has 33 heavy (non-hydrogen) atoms. The van der Waals surface area contributed by atoms with E-state index in [-0.39, 0.29) is 18.5 Å². The van der Waals surface area contributed by atoms with E-state index in [4.69, 9.17) is 5.11 Å². The minimum absolute atomic E-state index is 0.0447. The number of rotatable bonds is 6. The first-order valence-electron chi connectivity index (χ1n) is 13.1. The maximum absolute atomic E-state index is 12.9. The zero-order chi connectivity index (χ0) is 22.9. The number of amides is 1. The molecule has 180 valence electrons. The largest absolute Gasteiger partial charge is 0.480 e. The number of anilines is 2. The van der Waals surface area contributed by atoms with Crippen molar-refractivity contribution in [3.8, 4) is 0 Å². The van der Waals surface area contributed by atoms with E-state index in [0.29, 0.717) is 12.1 Å². The van der Waals surface area contributed by atoms with Gasteiger partial charge in [-0.1, -0.05) is 37.8 Å². The summed E-state index contributed by atoms with van der Waals surface area (Å²) in [6.45, 7) is 1.49. The number of aliphatic carboxylic acids is 1. The van der Waals surface area contributed by atoms with Crippen molar-refractivity contribution in [3.63, 3.8) is 0 Å². The second kappa shape index (κ2) is 9.65. The zero-order valence-electron chi connectivity index (χ0n) is 19.9. The Balaban J connectivity index is 1.36. The number of fused-ring (bicyclic) bond motifs is 4. The third kappa shape index (κ3) is 4.77. The molecule has 4 aliphatic rings. The number of hydrogen-bond acceptors (Lipinski definition) is 4. The normalized spacial score (nSPS) is 33.8. The smallest absolute Gasteiger partial charge is 0.322 e. The number of carboxylic acid groups (broad SMARTS) is 1. The first-order valence-corrected chi connectivity index (χ1v) is 13.1. The number of nitrogens with zero attached hydrogens (tertiary/aromatic N) is 2. The van der Waals surface area contributed by atoms with E-state index in [0.717, 1.165) is 42.1 Å². The predicted octanol–water partition coefficient (Wildman–Crippen LogP) is 4.89. The van der Waals surface area contributed by atoms with Crippen LogP contribution in [0.5, 0.6) is 0 Å². The second-order valence-electron chi connectivity index (χ2n) is 11.0. The van der Waals surface area contributed by atoms with Crippen LogP contribution in [0.25, 0.3) is 0 Å². The first-order chi connectivity index (χ1) is 16.0. The lowest BCUT2D eigenvalue weighted by atomic mass is 9.68. The molecular formula is C27H39N3O3. The lowest BCUT2D eigenvalue weighted by molar-refractivity contribution is -0.135. The van der Waals surface area contributed by atoms with Crippen LogP contribution in [0.2, 0.25) is 0 Å². The van der Waals surface area contributed by atoms with Crippen molar-refractivity contribution in [2.24, 2.45) is 11.8 Å². The molecule has 2 aliphatic heterocycles. The number of carbonyl (C=O) groups is 2. The fourth-order valence-corrected chi connectivity index (χ4v) is 7.76. The summed E-state index contributed by atoms with van der Waals surface area (Å²) >= 11 is 0. The number of carbonyl (C=O) groups excluding carboxylic acids is 1. The summed E-state index contributed by atoms with van der Waals surface area (Å²) in [5.74, 6) is 1.01. The summed E-state index contributed by atoms with van der Waals surface area (Å²) in [6, 6.07) is 9.70. The van der Waals surface area contributed by atoms with Crippen LogP contribution in [-0.2, 0) is 9.59 Å². The van der Waals surface area contributed by atoms with Gasteiger partial charge in [0.05, 0.1) is 11.4 Å². The SMILES string of the molecule is CC(=O)N(c1ccccc1NCC(=O)O)[C@H]1C[C@H]2CCC[C@@H](C1)N2[C@H]1C[C@@H]2CCC[C@@H](C2)C1. The van der Waals surface area contributed by atoms with Crippen LogP contribution in [0.15, 0.2) is 24.3 Å². The molecule has 4 bridgehead atoms. The summed E-state index contributed by atoms with van der Waals surface area (Å²) in [7, 11) is 0. The highest BCUT2D eigenvalue weighted by atomic mass is 16.4. The Kier molecular flexibility index (Phi) is 6.64. The van der Waals surface area contributed by atoms with E-state index in [1.54, 1.807) is 6.92 Å². The van der Waals surface area contributed by atoms with Gasteiger partial charge in [-0.3, -0.25) is 14.5 Å². The molecule has 6 heteroatoms. The maximum Gasteiger partial charge on any atom is 0.322 e. The fourth-order valence-electron chi connectivity index (χ4n) is 7.76. The molecule has 2 saturated carbocycles. The highest BCUT2D eigenvalue weighted by molar-refractivity contribution is 5.96. The number of carboxylic acids is 1. The number of para-hydroxylation sites is 2. The third-order valence-corrected chi connectivity index (χ3v) is 8.83. The molecule has 0 unspecified atom stereocenters. The van der Waals surface area contributed by atoms with Crippen LogP contribution in [0.4, 0.5) is 11.4 Å². The first kappa shape index (κ1) is 22.7. The van der Waals surface area contributed by atoms with Gasteiger partial charge in [0, 0.05) is 31.1 Å². The maximum atomic E-state index is 12.9. The number of piperidine rings is 2. The van der Waals surface area contributed by atoms with Crippen molar-refractivity contribution in [1.29, 1.82) is 0 Å². The molecule has 0 radical (unpaired) electrons. The van der Waals surface area contributed by atoms with Crippen LogP contribution < -0.4 is 10.2 Å². The highest BCUT2D eigenvalue weighted by Crippen LogP contribution is 2.47. The Labute approximate surface area is 197 Å². The van der Waals surface area contributed by atoms with E-state index in [1.165, 1.54) is 57.8 Å². The molecule has 6 nitrogen and oxygen atoms in total. The predicted molar refractivity (Wildman–Crippen MR) is 130 cm³/mol. The van der Waals surface area contributed by atoms with E-state index in [1.807, 2.05) is 29.2 Å². The number of benzene rings is 1. The molecule has 2 heterocycles. The van der Waals surface area contributed by atoms with Crippen LogP contribution >= 0.6 is 0 Å². The van der Waals surface area contributed by atoms with Crippen molar-refractivity contribution in [2.75, 3.05) is 16.8 Å². The molecule has 2 aliphatic carbocycles. The summed E-state index contributed by atoms with van der Waals surface area (Å²) in [4.78, 5) is 28.9. The molecule has 4 fully saturated rings. The molecular weight excluding hydrogens is 414 g/mol. The van der Waals surface area contributed by atoms with Gasteiger partial charge in [0.25, 0.3) is 0 Å². The van der Waals surface area contributed by atoms with Gasteiger partial charge in [-0.05, 0) is 68.9 Å². The van der Waals surface area contributed by atoms with Gasteiger partial charge in [-0.15, -0.1) is 0 Å². The van der Waals surface area contributed by atoms with Gasteiger partial charge in [-0.25, -0.2) is 0 Å². The third-order valence-electron chi connectivity index (χ3n) is 8.83. The van der Waals surface area contributed by atoms with Crippen LogP contribution in [0.3, 0.4) is 0 Å². The van der Waals surface area contributed by atoms with Crippen molar-refractivity contribution in [1.82, 2.24) is 4.90 Å². The minimum Gasteiger partial charge on any atom is -0.480 e. The Morgan fingerprint density at radius 3 is 2.21 bits per heavy atom. The molecule has 2 saturated heterocycles. The standard InChI is InChI=1S/C27H39N3O3/c1-18(31)29(26-11-3-2-10-25(26)28-17-27(32)33)24-15-21-8-5-9-22(16-24)30(21)23-13-19-6-4-7-20(12-19)14-23/h2-3,10-11,19-24,28H,4-9,12-17H2,1H3,(H,32,33)/t19-,20+,21-,22+,23+,24+. The summed E-state index contributed by atoms with van der Waals surface area (Å²) in [5.41, 5.74) is 1.54. The zero-order valence-corrected chi connectivity index (χ0v) is 19.9. The lowest BCUT2D eigenvalue weighted by Crippen LogP contribution is -2.61. The van der Waals surface area contributed by atoms with E-state index < -0.39 is 5.97 Å². The van der Waals surface area contributed by atoms with Crippen LogP contribution in [-0.4, -0.2) is 52.6 Å². The Hall–Kier alpha value is -2.08. The van der Waals surface area contributed by atoms with Gasteiger partial charge >= 0.3 is 5.97 Å². The van der Waals surface area contributed by atoms with Gasteiger partial charge in [0.15, 0.2) is 0 Å². The minimum atomic E-state index is -0.903. The average Bonchev–Trinajstić information content (AvgIpc) is 2.77. The second-order valence-corrected chi connectivity index (χ2v) is 11.0. The molecule has 0 spiro atoms. The van der Waals surface area contributed by atoms with Crippen LogP contribution in [0, 0.1) is 11.8 Å². The van der Waals surface area contributed by atoms with Crippen molar-refractivity contribution in [3.05, 3.63) is 24.3 Å². The quantitative estimate of drug-likeness (QED) is 0.642. The van der Waals surface area contributed by atoms with E-state index >= 15 is 0 Å². The topological polar surface area (TPSA) is 72.9 Å². The van der Waals surface area contributed by atoms with Gasteiger partial charge in [0.1, 0.15) is 6.54 Å². The van der Waals surface area contributed by atoms with Crippen molar-refractivity contribution < 1.29 is 14.7 Å². The van der Waals surface area contributed by atoms with Gasteiger partial charge in [-0.2, -0.15) is 0 Å². The molecule has 1 amide bonds. The molecule has 1 aromatic carbocycles. The Morgan fingerprint density at radius 1 is 0.939 bits per heavy atom. The fraction of sp³-hybridized carbons (Fsp3) is 0.704. The number of hydrogen-bond donors (Lipinski definition) is 2. The Bertz CT molecular complexity index is 848. The average molecular weight is 454 g/mol. The molecule has 6 atom stereocenters. The summed E-state index contributed by atoms with van der Waals surface area (Å²) in [6.07, 6.45) is 14.3. The van der Waals surface area contributed by atoms with E-state index in [2.05, 4.69) is 10.2 Å². The molecule has 1 aromatic rings. The summed E-state index contributed by atoms with van der Waals surface area (Å²) < 4.78 is 0. The van der Waals surface area contributed by atoms with Crippen molar-refractivity contribution in [2.45, 2.75) is 102 Å². The van der Waals surface area contributed by atoms with Crippen molar-refractivity contribution >= 4 is 23.3 Å². The van der Waals surface area contributed by atoms with Gasteiger partial charge in [0.2, 0.25) is 5.91 Å². The summed E-state index contributed by atoms with van der Waals surface area (Å²) in [5, 5.41) is 12.2. The number of nitrogens with one attached hydrogen (secondary N) is 1. The molecule has 0 aromatic heterocycles. The van der Waals surface area contributed by atoms with E-state index in [9.17, 15) is 9.59 Å². The molecule has 5 rings (SSSR count). The lowest BCUT2D eigenvalue weighted by Gasteiger charge is -2.56. The van der Waals surface area contributed by atoms with Crippen LogP contribution in [0.1, 0.15) is 77.6 Å². The monoisotopic (exact) mass is 453 g/mol. The van der Waals surface area contributed by atoms with Gasteiger partial charge < -0.3 is 15.3 Å².